The summed E-state index contributed by atoms with van der Waals surface area (Å²) in [6.07, 6.45) is 6.59. The minimum absolute atomic E-state index is 0.262. The van der Waals surface area contributed by atoms with Crippen LogP contribution in [0.25, 0.3) is 67.5 Å². The molecule has 4 nitrogen and oxygen atoms in total. The van der Waals surface area contributed by atoms with Gasteiger partial charge < -0.3 is 0 Å². The Bertz CT molecular complexity index is 2510. The van der Waals surface area contributed by atoms with Gasteiger partial charge >= 0.3 is 0 Å². The minimum atomic E-state index is 0.262. The van der Waals surface area contributed by atoms with Crippen molar-refractivity contribution in [1.82, 2.24) is 15.0 Å². The Morgan fingerprint density at radius 1 is 0.473 bits per heavy atom. The first kappa shape index (κ1) is 34.6. The van der Waals surface area contributed by atoms with Crippen LogP contribution in [-0.4, -0.2) is 15.0 Å². The Balaban J connectivity index is 1.14. The van der Waals surface area contributed by atoms with Gasteiger partial charge in [0.1, 0.15) is 0 Å². The number of benzene rings is 6. The van der Waals surface area contributed by atoms with Crippen LogP contribution < -0.4 is 0 Å². The number of rotatable bonds is 7. The molecule has 2 fully saturated rings. The number of aromatic nitrogens is 3. The standard InChI is InChI=1S/C51H44N4/c1-34-25-37-26-35(2)31-51(30-34,32-37)45-23-21-39(22-24-45)48-53-49(43-17-9-14-40(28-43)38-12-4-3-5-13-38)55-50(54-48)44-18-10-16-42(29-44)47-20-7-6-19-46(47)41-15-8-11-36(27-41)33-52/h3-24,27-29,34-35,37H,25-26,30-32H2,1-2H3/t34-,35+,37-,51?. The molecule has 0 saturated heterocycles. The van der Waals surface area contributed by atoms with Gasteiger partial charge in [0.2, 0.25) is 0 Å². The van der Waals surface area contributed by atoms with Gasteiger partial charge in [0.05, 0.1) is 11.6 Å². The van der Waals surface area contributed by atoms with Gasteiger partial charge in [-0.1, -0.05) is 141 Å². The summed E-state index contributed by atoms with van der Waals surface area (Å²) < 4.78 is 0. The van der Waals surface area contributed by atoms with E-state index in [2.05, 4.69) is 141 Å². The average molecular weight is 713 g/mol. The lowest BCUT2D eigenvalue weighted by atomic mass is 9.54. The molecule has 1 unspecified atom stereocenters. The Morgan fingerprint density at radius 3 is 1.58 bits per heavy atom. The number of nitriles is 1. The Labute approximate surface area is 324 Å². The van der Waals surface area contributed by atoms with Gasteiger partial charge in [-0.3, -0.25) is 0 Å². The third kappa shape index (κ3) is 6.99. The second-order valence-electron chi connectivity index (χ2n) is 16.1. The van der Waals surface area contributed by atoms with Crippen LogP contribution in [-0.2, 0) is 5.41 Å². The zero-order chi connectivity index (χ0) is 37.4. The summed E-state index contributed by atoms with van der Waals surface area (Å²) in [6.45, 7) is 4.90. The fourth-order valence-corrected chi connectivity index (χ4v) is 9.83. The van der Waals surface area contributed by atoms with Crippen LogP contribution in [0, 0.1) is 29.1 Å². The van der Waals surface area contributed by atoms with Gasteiger partial charge in [-0.25, -0.2) is 15.0 Å². The van der Waals surface area contributed by atoms with Gasteiger partial charge in [-0.05, 0) is 118 Å². The molecule has 9 rings (SSSR count). The highest BCUT2D eigenvalue weighted by Gasteiger charge is 2.45. The van der Waals surface area contributed by atoms with Crippen LogP contribution >= 0.6 is 0 Å². The lowest BCUT2D eigenvalue weighted by Crippen LogP contribution is -2.42. The first-order valence-corrected chi connectivity index (χ1v) is 19.7. The van der Waals surface area contributed by atoms with Gasteiger partial charge in [-0.15, -0.1) is 0 Å². The minimum Gasteiger partial charge on any atom is -0.208 e. The number of nitrogens with zero attached hydrogens (tertiary/aromatic N) is 4. The molecule has 2 saturated carbocycles. The van der Waals surface area contributed by atoms with Gasteiger partial charge in [0, 0.05) is 16.7 Å². The summed E-state index contributed by atoms with van der Waals surface area (Å²) in [5, 5.41) is 9.60. The summed E-state index contributed by atoms with van der Waals surface area (Å²) in [7, 11) is 0. The highest BCUT2D eigenvalue weighted by molar-refractivity contribution is 5.85. The van der Waals surface area contributed by atoms with E-state index in [1.165, 1.54) is 37.7 Å². The fourth-order valence-electron chi connectivity index (χ4n) is 9.83. The summed E-state index contributed by atoms with van der Waals surface area (Å²) in [5.41, 5.74) is 11.7. The molecule has 7 aromatic rings. The third-order valence-electron chi connectivity index (χ3n) is 11.9. The topological polar surface area (TPSA) is 62.5 Å². The molecule has 0 N–H and O–H groups in total. The molecule has 1 aromatic heterocycles. The van der Waals surface area contributed by atoms with Crippen LogP contribution in [0.5, 0.6) is 0 Å². The van der Waals surface area contributed by atoms with Crippen molar-refractivity contribution in [2.45, 2.75) is 51.4 Å². The quantitative estimate of drug-likeness (QED) is 0.165. The molecule has 55 heavy (non-hydrogen) atoms. The SMILES string of the molecule is C[C@@H]1C[C@@H]2C[C@H](C)CC(c3ccc(-c4nc(-c5cccc(-c6ccccc6)c5)nc(-c5cccc(-c6ccccc6-c6cccc(C#N)c6)c5)n4)cc3)(C1)C2. The molecular weight excluding hydrogens is 669 g/mol. The zero-order valence-electron chi connectivity index (χ0n) is 31.5. The van der Waals surface area contributed by atoms with Crippen LogP contribution in [0.4, 0.5) is 0 Å². The number of hydrogen-bond donors (Lipinski definition) is 0. The van der Waals surface area contributed by atoms with Crippen LogP contribution in [0.15, 0.2) is 152 Å². The number of hydrogen-bond acceptors (Lipinski definition) is 4. The van der Waals surface area contributed by atoms with Gasteiger partial charge in [0.15, 0.2) is 17.5 Å². The van der Waals surface area contributed by atoms with E-state index in [1.54, 1.807) is 0 Å². The van der Waals surface area contributed by atoms with Crippen molar-refractivity contribution in [3.05, 3.63) is 163 Å². The van der Waals surface area contributed by atoms with E-state index in [0.717, 1.165) is 67.8 Å². The van der Waals surface area contributed by atoms with Crippen LogP contribution in [0.1, 0.15) is 57.1 Å². The molecular formula is C51H44N4. The van der Waals surface area contributed by atoms with Gasteiger partial charge in [0.25, 0.3) is 0 Å². The van der Waals surface area contributed by atoms with Crippen molar-refractivity contribution in [1.29, 1.82) is 5.26 Å². The van der Waals surface area contributed by atoms with E-state index in [-0.39, 0.29) is 5.41 Å². The van der Waals surface area contributed by atoms with Gasteiger partial charge in [-0.2, -0.15) is 5.26 Å². The Hall–Kier alpha value is -6.18. The zero-order valence-corrected chi connectivity index (χ0v) is 31.5. The van der Waals surface area contributed by atoms with E-state index in [9.17, 15) is 5.26 Å². The maximum Gasteiger partial charge on any atom is 0.164 e. The van der Waals surface area contributed by atoms with E-state index in [0.29, 0.717) is 23.0 Å². The molecule has 2 aliphatic carbocycles. The number of fused-ring (bicyclic) bond motifs is 2. The Kier molecular flexibility index (Phi) is 9.16. The Morgan fingerprint density at radius 2 is 0.964 bits per heavy atom. The highest BCUT2D eigenvalue weighted by atomic mass is 15.0. The summed E-state index contributed by atoms with van der Waals surface area (Å²) in [4.78, 5) is 15.5. The first-order chi connectivity index (χ1) is 26.9. The van der Waals surface area contributed by atoms with E-state index in [1.807, 2.05) is 30.3 Å². The van der Waals surface area contributed by atoms with E-state index >= 15 is 0 Å². The lowest BCUT2D eigenvalue weighted by Gasteiger charge is -2.50. The highest BCUT2D eigenvalue weighted by Crippen LogP contribution is 2.54. The summed E-state index contributed by atoms with van der Waals surface area (Å²) in [5.74, 6) is 4.29. The molecule has 6 aromatic carbocycles. The normalized spacial score (nSPS) is 20.4. The molecule has 4 atom stereocenters. The van der Waals surface area contributed by atoms with Crippen molar-refractivity contribution in [2.24, 2.45) is 17.8 Å². The van der Waals surface area contributed by atoms with Crippen molar-refractivity contribution >= 4 is 0 Å². The smallest absolute Gasteiger partial charge is 0.164 e. The van der Waals surface area contributed by atoms with E-state index in [4.69, 9.17) is 15.0 Å². The molecule has 1 heterocycles. The summed E-state index contributed by atoms with van der Waals surface area (Å²) >= 11 is 0. The molecule has 0 radical (unpaired) electrons. The monoisotopic (exact) mass is 712 g/mol. The largest absolute Gasteiger partial charge is 0.208 e. The summed E-state index contributed by atoms with van der Waals surface area (Å²) in [6, 6.07) is 55.0. The predicted octanol–water partition coefficient (Wildman–Crippen LogP) is 12.8. The van der Waals surface area contributed by atoms with Crippen LogP contribution in [0.3, 0.4) is 0 Å². The average Bonchev–Trinajstić information content (AvgIpc) is 3.23. The molecule has 0 amide bonds. The second-order valence-corrected chi connectivity index (χ2v) is 16.1. The molecule has 2 aliphatic rings. The van der Waals surface area contributed by atoms with Crippen molar-refractivity contribution < 1.29 is 0 Å². The van der Waals surface area contributed by atoms with Crippen molar-refractivity contribution in [2.75, 3.05) is 0 Å². The first-order valence-electron chi connectivity index (χ1n) is 19.7. The van der Waals surface area contributed by atoms with Crippen molar-refractivity contribution in [3.8, 4) is 73.6 Å². The maximum atomic E-state index is 9.60. The predicted molar refractivity (Wildman–Crippen MR) is 224 cm³/mol. The lowest BCUT2D eigenvalue weighted by molar-refractivity contribution is 0.0780. The van der Waals surface area contributed by atoms with Crippen LogP contribution in [0.2, 0.25) is 0 Å². The maximum absolute atomic E-state index is 9.60. The molecule has 4 heteroatoms. The molecule has 2 bridgehead atoms. The fraction of sp³-hybridized carbons (Fsp3) is 0.216. The molecule has 0 spiro atoms. The second kappa shape index (κ2) is 14.6. The third-order valence-corrected chi connectivity index (χ3v) is 11.9. The molecule has 268 valence electrons. The molecule has 0 aliphatic heterocycles. The van der Waals surface area contributed by atoms with E-state index < -0.39 is 0 Å². The van der Waals surface area contributed by atoms with Crippen molar-refractivity contribution in [3.63, 3.8) is 0 Å².